The summed E-state index contributed by atoms with van der Waals surface area (Å²) < 4.78 is 5.98. The number of allylic oxidation sites excluding steroid dienone is 2. The average Bonchev–Trinajstić information content (AvgIpc) is 2.86. The number of ether oxygens (including phenoxy) is 1. The maximum absolute atomic E-state index is 13.8. The molecular formula is C33H54BrClO4. The molecule has 6 heteroatoms. The third-order valence-corrected chi connectivity index (χ3v) is 14.2. The van der Waals surface area contributed by atoms with E-state index < -0.39 is 11.5 Å². The Morgan fingerprint density at radius 3 is 2.36 bits per heavy atom. The highest BCUT2D eigenvalue weighted by Crippen LogP contribution is 2.75. The molecule has 0 heterocycles. The van der Waals surface area contributed by atoms with Crippen LogP contribution in [-0.2, 0) is 9.53 Å². The van der Waals surface area contributed by atoms with E-state index in [1.807, 2.05) is 0 Å². The lowest BCUT2D eigenvalue weighted by molar-refractivity contribution is -0.217. The van der Waals surface area contributed by atoms with E-state index in [1.54, 1.807) is 5.57 Å². The number of fused-ring (bicyclic) bond motifs is 7. The Morgan fingerprint density at radius 1 is 1.00 bits per heavy atom. The zero-order valence-electron chi connectivity index (χ0n) is 25.3. The Morgan fingerprint density at radius 2 is 1.69 bits per heavy atom. The SMILES string of the molecule is CC1(C)CC[C@]2(C(=O)OCCCBr)CC[C@]3(C)C(=CC[C@@H]4[C@@]5(C)CC[C@H](O)[C@@](C)(CO)C5CC[C@]43C)[C@H]2C1.Cl. The second-order valence-electron chi connectivity index (χ2n) is 15.8. The van der Waals surface area contributed by atoms with Crippen LogP contribution in [0.3, 0.4) is 0 Å². The van der Waals surface area contributed by atoms with Crippen LogP contribution in [-0.4, -0.2) is 40.8 Å². The molecule has 4 nitrogen and oxygen atoms in total. The molecule has 0 aromatic rings. The van der Waals surface area contributed by atoms with Crippen molar-refractivity contribution >= 4 is 34.3 Å². The summed E-state index contributed by atoms with van der Waals surface area (Å²) in [7, 11) is 0. The van der Waals surface area contributed by atoms with Crippen molar-refractivity contribution in [3.8, 4) is 0 Å². The highest BCUT2D eigenvalue weighted by atomic mass is 79.9. The van der Waals surface area contributed by atoms with E-state index in [0.29, 0.717) is 18.4 Å². The van der Waals surface area contributed by atoms with Crippen LogP contribution in [0.1, 0.15) is 112 Å². The van der Waals surface area contributed by atoms with Gasteiger partial charge >= 0.3 is 5.97 Å². The average molecular weight is 630 g/mol. The van der Waals surface area contributed by atoms with Gasteiger partial charge in [0.1, 0.15) is 0 Å². The zero-order chi connectivity index (χ0) is 27.8. The normalized spacial score (nSPS) is 48.3. The lowest BCUT2D eigenvalue weighted by Gasteiger charge is -2.71. The minimum absolute atomic E-state index is 0. The van der Waals surface area contributed by atoms with Crippen LogP contribution in [0.2, 0.25) is 0 Å². The highest BCUT2D eigenvalue weighted by molar-refractivity contribution is 9.09. The molecule has 1 unspecified atom stereocenters. The second-order valence-corrected chi connectivity index (χ2v) is 16.6. The van der Waals surface area contributed by atoms with Crippen LogP contribution in [0.15, 0.2) is 11.6 Å². The second kappa shape index (κ2) is 10.6. The topological polar surface area (TPSA) is 66.8 Å². The molecule has 0 saturated heterocycles. The van der Waals surface area contributed by atoms with Gasteiger partial charge in [0, 0.05) is 10.7 Å². The molecule has 5 rings (SSSR count). The van der Waals surface area contributed by atoms with Crippen molar-refractivity contribution in [1.29, 1.82) is 0 Å². The molecule has 4 fully saturated rings. The Hall–Kier alpha value is -0.100. The monoisotopic (exact) mass is 628 g/mol. The van der Waals surface area contributed by atoms with Gasteiger partial charge in [-0.1, -0.05) is 69.1 Å². The first-order chi connectivity index (χ1) is 17.7. The van der Waals surface area contributed by atoms with Gasteiger partial charge < -0.3 is 14.9 Å². The van der Waals surface area contributed by atoms with Gasteiger partial charge in [0.25, 0.3) is 0 Å². The van der Waals surface area contributed by atoms with E-state index in [0.717, 1.165) is 76.0 Å². The fraction of sp³-hybridized carbons (Fsp3) is 0.909. The van der Waals surface area contributed by atoms with Gasteiger partial charge in [-0.3, -0.25) is 4.79 Å². The molecule has 0 aromatic heterocycles. The molecule has 0 aromatic carbocycles. The van der Waals surface area contributed by atoms with Crippen molar-refractivity contribution in [3.63, 3.8) is 0 Å². The number of alkyl halides is 1. The van der Waals surface area contributed by atoms with E-state index in [9.17, 15) is 15.0 Å². The smallest absolute Gasteiger partial charge is 0.312 e. The summed E-state index contributed by atoms with van der Waals surface area (Å²) in [5, 5.41) is 22.3. The van der Waals surface area contributed by atoms with Crippen LogP contribution in [0.25, 0.3) is 0 Å². The molecule has 0 radical (unpaired) electrons. The number of carbonyl (C=O) groups is 1. The summed E-state index contributed by atoms with van der Waals surface area (Å²) in [4.78, 5) is 13.8. The van der Waals surface area contributed by atoms with Crippen molar-refractivity contribution in [2.75, 3.05) is 18.5 Å². The molecule has 0 spiro atoms. The standard InChI is InChI=1S/C33H53BrO4.ClH/c1-28(2)14-16-33(27(37)38-19-7-18-34)17-15-31(5)22(23(33)20-28)8-9-25-29(3)12-11-26(36)30(4,21-35)24(29)10-13-32(25,31)6;/h8,23-26,35-36H,7,9-21H2,1-6H3;1H/t23-,24?,25-,26+,29+,30+,31-,32-,33+;/m1./s1. The summed E-state index contributed by atoms with van der Waals surface area (Å²) in [5.74, 6) is 1.18. The summed E-state index contributed by atoms with van der Waals surface area (Å²) >= 11 is 3.48. The molecule has 9 atom stereocenters. The highest BCUT2D eigenvalue weighted by Gasteiger charge is 2.69. The van der Waals surface area contributed by atoms with Crippen LogP contribution in [0.4, 0.5) is 0 Å². The minimum atomic E-state index is -0.423. The molecule has 0 bridgehead atoms. The van der Waals surface area contributed by atoms with Gasteiger partial charge in [0.05, 0.1) is 24.7 Å². The van der Waals surface area contributed by atoms with Crippen LogP contribution >= 0.6 is 28.3 Å². The molecule has 5 aliphatic carbocycles. The molecule has 0 aliphatic heterocycles. The Balaban J connectivity index is 0.00000353. The third-order valence-electron chi connectivity index (χ3n) is 13.7. The molecule has 5 aliphatic rings. The van der Waals surface area contributed by atoms with E-state index >= 15 is 0 Å². The van der Waals surface area contributed by atoms with Crippen molar-refractivity contribution in [2.45, 2.75) is 118 Å². The predicted octanol–water partition coefficient (Wildman–Crippen LogP) is 7.87. The largest absolute Gasteiger partial charge is 0.465 e. The summed E-state index contributed by atoms with van der Waals surface area (Å²) in [6.45, 7) is 15.1. The van der Waals surface area contributed by atoms with Gasteiger partial charge in [-0.15, -0.1) is 12.4 Å². The summed E-state index contributed by atoms with van der Waals surface area (Å²) in [5.41, 5.74) is 1.31. The van der Waals surface area contributed by atoms with E-state index in [2.05, 4.69) is 63.5 Å². The van der Waals surface area contributed by atoms with Crippen LogP contribution < -0.4 is 0 Å². The van der Waals surface area contributed by atoms with Gasteiger partial charge in [-0.25, -0.2) is 0 Å². The minimum Gasteiger partial charge on any atom is -0.465 e. The molecule has 224 valence electrons. The Kier molecular flexibility index (Phi) is 8.62. The number of hydrogen-bond acceptors (Lipinski definition) is 4. The third kappa shape index (κ3) is 4.44. The maximum atomic E-state index is 13.8. The summed E-state index contributed by atoms with van der Waals surface area (Å²) in [6, 6.07) is 0. The molecular weight excluding hydrogens is 576 g/mol. The lowest BCUT2D eigenvalue weighted by atomic mass is 9.33. The fourth-order valence-electron chi connectivity index (χ4n) is 11.0. The first-order valence-electron chi connectivity index (χ1n) is 15.5. The number of hydrogen-bond donors (Lipinski definition) is 2. The van der Waals surface area contributed by atoms with Gasteiger partial charge in [0.2, 0.25) is 0 Å². The maximum Gasteiger partial charge on any atom is 0.312 e. The van der Waals surface area contributed by atoms with Gasteiger partial charge in [-0.2, -0.15) is 0 Å². The van der Waals surface area contributed by atoms with Gasteiger partial charge in [-0.05, 0) is 110 Å². The summed E-state index contributed by atoms with van der Waals surface area (Å²) in [6.07, 6.45) is 13.2. The fourth-order valence-corrected chi connectivity index (χ4v) is 11.2. The number of aliphatic hydroxyl groups is 2. The Labute approximate surface area is 252 Å². The molecule has 0 amide bonds. The number of carbonyl (C=O) groups excluding carboxylic acids is 1. The van der Waals surface area contributed by atoms with Gasteiger partial charge in [0.15, 0.2) is 0 Å². The molecule has 2 N–H and O–H groups in total. The van der Waals surface area contributed by atoms with E-state index in [1.165, 1.54) is 0 Å². The quantitative estimate of drug-likeness (QED) is 0.141. The van der Waals surface area contributed by atoms with Crippen molar-refractivity contribution in [3.05, 3.63) is 11.6 Å². The number of rotatable bonds is 5. The first kappa shape index (κ1) is 31.8. The van der Waals surface area contributed by atoms with Crippen molar-refractivity contribution < 1.29 is 19.7 Å². The molecule has 39 heavy (non-hydrogen) atoms. The number of aliphatic hydroxyl groups excluding tert-OH is 2. The molecule has 4 saturated carbocycles. The lowest BCUT2D eigenvalue weighted by Crippen LogP contribution is -2.66. The number of halogens is 2. The van der Waals surface area contributed by atoms with Crippen molar-refractivity contribution in [1.82, 2.24) is 0 Å². The Bertz CT molecular complexity index is 983. The number of esters is 1. The van der Waals surface area contributed by atoms with E-state index in [-0.39, 0.29) is 58.0 Å². The van der Waals surface area contributed by atoms with Crippen molar-refractivity contribution in [2.24, 2.45) is 50.2 Å². The zero-order valence-corrected chi connectivity index (χ0v) is 27.7. The first-order valence-corrected chi connectivity index (χ1v) is 16.6. The van der Waals surface area contributed by atoms with E-state index in [4.69, 9.17) is 4.74 Å². The predicted molar refractivity (Wildman–Crippen MR) is 163 cm³/mol. The van der Waals surface area contributed by atoms with Crippen LogP contribution in [0.5, 0.6) is 0 Å². The van der Waals surface area contributed by atoms with Crippen LogP contribution in [0, 0.1) is 50.2 Å².